The fourth-order valence-corrected chi connectivity index (χ4v) is 3.87. The van der Waals surface area contributed by atoms with Crippen LogP contribution < -0.4 is 10.3 Å². The van der Waals surface area contributed by atoms with Gasteiger partial charge in [-0.05, 0) is 31.2 Å². The zero-order valence-electron chi connectivity index (χ0n) is 14.2. The van der Waals surface area contributed by atoms with Crippen molar-refractivity contribution in [1.29, 1.82) is 0 Å². The van der Waals surface area contributed by atoms with Crippen LogP contribution >= 0.6 is 23.2 Å². The number of halogens is 2. The minimum absolute atomic E-state index is 0.130. The van der Waals surface area contributed by atoms with Crippen LogP contribution in [-0.4, -0.2) is 4.98 Å². The number of para-hydroxylation sites is 1. The largest absolute Gasteiger partial charge is 0.358 e. The number of hydrogen-bond donors (Lipinski definition) is 2. The number of hydrogen-bond acceptors (Lipinski definition) is 1. The Balaban J connectivity index is 1.91. The molecule has 3 N–H and O–H groups in total. The number of aromatic amines is 2. The Morgan fingerprint density at radius 2 is 1.81 bits per heavy atom. The first-order valence-corrected chi connectivity index (χ1v) is 9.14. The van der Waals surface area contributed by atoms with Gasteiger partial charge in [-0.25, -0.2) is 4.98 Å². The van der Waals surface area contributed by atoms with Crippen molar-refractivity contribution in [3.63, 3.8) is 0 Å². The van der Waals surface area contributed by atoms with Crippen LogP contribution in [0.3, 0.4) is 0 Å². The van der Waals surface area contributed by atoms with Gasteiger partial charge >= 0.3 is 0 Å². The summed E-state index contributed by atoms with van der Waals surface area (Å²) in [5, 5.41) is 6.02. The fraction of sp³-hybridized carbons (Fsp3) is 0.0952. The van der Waals surface area contributed by atoms with Gasteiger partial charge in [0.2, 0.25) is 0 Å². The van der Waals surface area contributed by atoms with Crippen LogP contribution in [0.15, 0.2) is 66.9 Å². The third-order valence-electron chi connectivity index (χ3n) is 4.51. The average Bonchev–Trinajstić information content (AvgIpc) is 2.97. The highest BCUT2D eigenvalue weighted by molar-refractivity contribution is 6.35. The molecule has 0 fully saturated rings. The Kier molecular flexibility index (Phi) is 4.58. The molecular formula is C21H18Cl2N3+. The first-order valence-electron chi connectivity index (χ1n) is 8.39. The second-order valence-electron chi connectivity index (χ2n) is 6.23. The standard InChI is InChI=1S/C21H17Cl2N3/c1-13-20(16-6-2-3-7-18(16)25-13)21(26-19-8-4-5-11-24-19)15-10-9-14(22)12-17(15)23/h2-12,21,25H,1H3,(H,24,26)/p+1/t21-/m1/s1. The summed E-state index contributed by atoms with van der Waals surface area (Å²) in [7, 11) is 0. The molecule has 0 aliphatic rings. The summed E-state index contributed by atoms with van der Waals surface area (Å²) in [6, 6.07) is 19.7. The van der Waals surface area contributed by atoms with E-state index in [0.717, 1.165) is 22.6 Å². The molecule has 0 aliphatic carbocycles. The van der Waals surface area contributed by atoms with E-state index < -0.39 is 0 Å². The molecule has 3 nitrogen and oxygen atoms in total. The van der Waals surface area contributed by atoms with E-state index in [2.05, 4.69) is 34.3 Å². The molecule has 2 heterocycles. The summed E-state index contributed by atoms with van der Waals surface area (Å²) >= 11 is 12.7. The molecule has 1 atom stereocenters. The molecule has 2 aromatic heterocycles. The van der Waals surface area contributed by atoms with Gasteiger partial charge in [-0.15, -0.1) is 0 Å². The number of benzene rings is 2. The smallest absolute Gasteiger partial charge is 0.272 e. The summed E-state index contributed by atoms with van der Waals surface area (Å²) in [6.07, 6.45) is 1.89. The molecule has 2 aromatic carbocycles. The average molecular weight is 383 g/mol. The van der Waals surface area contributed by atoms with Gasteiger partial charge in [0.15, 0.2) is 0 Å². The highest BCUT2D eigenvalue weighted by atomic mass is 35.5. The first-order chi connectivity index (χ1) is 12.6. The third-order valence-corrected chi connectivity index (χ3v) is 5.08. The van der Waals surface area contributed by atoms with Crippen molar-refractivity contribution >= 4 is 39.9 Å². The lowest BCUT2D eigenvalue weighted by Gasteiger charge is -2.17. The lowest BCUT2D eigenvalue weighted by molar-refractivity contribution is -0.361. The Hall–Kier alpha value is -2.49. The Labute approximate surface area is 162 Å². The molecule has 5 heteroatoms. The molecular weight excluding hydrogens is 365 g/mol. The second kappa shape index (κ2) is 7.02. The summed E-state index contributed by atoms with van der Waals surface area (Å²) in [4.78, 5) is 6.71. The van der Waals surface area contributed by atoms with E-state index in [1.165, 1.54) is 10.9 Å². The van der Waals surface area contributed by atoms with Gasteiger partial charge in [-0.1, -0.05) is 53.5 Å². The zero-order valence-corrected chi connectivity index (χ0v) is 15.7. The number of aryl methyl sites for hydroxylation is 1. The van der Waals surface area contributed by atoms with Crippen molar-refractivity contribution in [2.75, 3.05) is 5.32 Å². The van der Waals surface area contributed by atoms with E-state index in [1.807, 2.05) is 48.7 Å². The maximum absolute atomic E-state index is 6.57. The van der Waals surface area contributed by atoms with Gasteiger partial charge in [0, 0.05) is 43.8 Å². The van der Waals surface area contributed by atoms with E-state index in [9.17, 15) is 0 Å². The molecule has 0 unspecified atom stereocenters. The Morgan fingerprint density at radius 1 is 1.00 bits per heavy atom. The SMILES string of the molecule is Cc1[nH]c2ccccc2c1[C@H](Nc1cccc[nH+]1)c1ccc(Cl)cc1Cl. The normalized spacial score (nSPS) is 12.3. The number of nitrogens with one attached hydrogen (secondary N) is 3. The zero-order chi connectivity index (χ0) is 18.1. The van der Waals surface area contributed by atoms with E-state index in [1.54, 1.807) is 6.07 Å². The Morgan fingerprint density at radius 3 is 2.58 bits per heavy atom. The Bertz CT molecular complexity index is 1060. The molecule has 0 bridgehead atoms. The summed E-state index contributed by atoms with van der Waals surface area (Å²) in [6.45, 7) is 2.09. The highest BCUT2D eigenvalue weighted by Gasteiger charge is 2.27. The van der Waals surface area contributed by atoms with Crippen molar-refractivity contribution in [3.05, 3.63) is 93.7 Å². The van der Waals surface area contributed by atoms with Crippen LogP contribution in [0.2, 0.25) is 10.0 Å². The minimum atomic E-state index is -0.130. The van der Waals surface area contributed by atoms with Crippen molar-refractivity contribution < 1.29 is 4.98 Å². The van der Waals surface area contributed by atoms with Gasteiger partial charge in [0.1, 0.15) is 6.04 Å². The summed E-state index contributed by atoms with van der Waals surface area (Å²) in [5.74, 6) is 0.910. The number of anilines is 1. The summed E-state index contributed by atoms with van der Waals surface area (Å²) in [5.41, 5.74) is 4.35. The molecule has 4 rings (SSSR count). The van der Waals surface area contributed by atoms with Gasteiger partial charge < -0.3 is 4.98 Å². The predicted molar refractivity (Wildman–Crippen MR) is 108 cm³/mol. The van der Waals surface area contributed by atoms with Gasteiger partial charge in [0.25, 0.3) is 5.82 Å². The maximum atomic E-state index is 6.57. The topological polar surface area (TPSA) is 42.0 Å². The lowest BCUT2D eigenvalue weighted by atomic mass is 9.96. The molecule has 0 amide bonds. The van der Waals surface area contributed by atoms with E-state index in [0.29, 0.717) is 10.0 Å². The molecule has 0 saturated heterocycles. The molecule has 26 heavy (non-hydrogen) atoms. The van der Waals surface area contributed by atoms with Crippen LogP contribution in [0.1, 0.15) is 22.9 Å². The predicted octanol–water partition coefficient (Wildman–Crippen LogP) is 5.80. The van der Waals surface area contributed by atoms with Gasteiger partial charge in [-0.2, -0.15) is 0 Å². The molecule has 0 aliphatic heterocycles. The van der Waals surface area contributed by atoms with E-state index in [-0.39, 0.29) is 6.04 Å². The van der Waals surface area contributed by atoms with E-state index in [4.69, 9.17) is 23.2 Å². The molecule has 130 valence electrons. The van der Waals surface area contributed by atoms with Crippen LogP contribution in [0, 0.1) is 6.92 Å². The lowest BCUT2D eigenvalue weighted by Crippen LogP contribution is -2.19. The molecule has 0 saturated carbocycles. The number of pyridine rings is 1. The quantitative estimate of drug-likeness (QED) is 0.460. The minimum Gasteiger partial charge on any atom is -0.358 e. The molecule has 0 radical (unpaired) electrons. The number of H-pyrrole nitrogens is 2. The second-order valence-corrected chi connectivity index (χ2v) is 7.07. The third kappa shape index (κ3) is 3.16. The molecule has 4 aromatic rings. The van der Waals surface area contributed by atoms with Crippen LogP contribution in [0.4, 0.5) is 5.82 Å². The van der Waals surface area contributed by atoms with Gasteiger partial charge in [-0.3, -0.25) is 5.32 Å². The maximum Gasteiger partial charge on any atom is 0.272 e. The number of aromatic nitrogens is 2. The van der Waals surface area contributed by atoms with Crippen molar-refractivity contribution in [2.45, 2.75) is 13.0 Å². The fourth-order valence-electron chi connectivity index (χ4n) is 3.35. The number of fused-ring (bicyclic) bond motifs is 1. The van der Waals surface area contributed by atoms with E-state index >= 15 is 0 Å². The van der Waals surface area contributed by atoms with Crippen LogP contribution in [0.5, 0.6) is 0 Å². The highest BCUT2D eigenvalue weighted by Crippen LogP contribution is 2.37. The first kappa shape index (κ1) is 17.0. The molecule has 0 spiro atoms. The van der Waals surface area contributed by atoms with Gasteiger partial charge in [0.05, 0.1) is 6.20 Å². The van der Waals surface area contributed by atoms with Crippen molar-refractivity contribution in [2.24, 2.45) is 0 Å². The monoisotopic (exact) mass is 382 g/mol. The van der Waals surface area contributed by atoms with Crippen LogP contribution in [0.25, 0.3) is 10.9 Å². The van der Waals surface area contributed by atoms with Crippen molar-refractivity contribution in [1.82, 2.24) is 4.98 Å². The van der Waals surface area contributed by atoms with Crippen LogP contribution in [-0.2, 0) is 0 Å². The number of rotatable bonds is 4. The van der Waals surface area contributed by atoms with Crippen molar-refractivity contribution in [3.8, 4) is 0 Å². The summed E-state index contributed by atoms with van der Waals surface area (Å²) < 4.78 is 0.